The van der Waals surface area contributed by atoms with Crippen molar-refractivity contribution in [1.29, 1.82) is 0 Å². The molecular formula is C15H20ClNO4. The van der Waals surface area contributed by atoms with Gasteiger partial charge in [0.25, 0.3) is 5.91 Å². The van der Waals surface area contributed by atoms with E-state index in [4.69, 9.17) is 21.1 Å². The van der Waals surface area contributed by atoms with Gasteiger partial charge in [-0.2, -0.15) is 0 Å². The lowest BCUT2D eigenvalue weighted by Gasteiger charge is -2.32. The summed E-state index contributed by atoms with van der Waals surface area (Å²) in [6, 6.07) is 4.70. The van der Waals surface area contributed by atoms with Crippen molar-refractivity contribution >= 4 is 17.5 Å². The van der Waals surface area contributed by atoms with E-state index in [1.807, 2.05) is 0 Å². The number of likely N-dealkylation sites (tertiary alicyclic amines) is 1. The van der Waals surface area contributed by atoms with E-state index in [9.17, 15) is 9.90 Å². The van der Waals surface area contributed by atoms with E-state index < -0.39 is 0 Å². The maximum Gasteiger partial charge on any atom is 0.253 e. The minimum absolute atomic E-state index is 0.0244. The number of benzene rings is 1. The number of hydrogen-bond donors (Lipinski definition) is 1. The Hall–Kier alpha value is -1.46. The van der Waals surface area contributed by atoms with Crippen molar-refractivity contribution in [2.75, 3.05) is 32.7 Å². The summed E-state index contributed by atoms with van der Waals surface area (Å²) >= 11 is 5.60. The molecule has 1 aliphatic rings. The molecule has 1 amide bonds. The van der Waals surface area contributed by atoms with Crippen molar-refractivity contribution < 1.29 is 19.4 Å². The fourth-order valence-corrected chi connectivity index (χ4v) is 2.53. The molecule has 1 aromatic carbocycles. The number of aromatic hydroxyl groups is 1. The minimum Gasteiger partial charge on any atom is -0.504 e. The number of halogens is 1. The standard InChI is InChI=1S/C15H20ClNO4/c1-20-14-3-2-11(10-13(14)18)15(19)17-7-4-12(5-8-17)21-9-6-16/h2-3,10,12,18H,4-9H2,1H3. The van der Waals surface area contributed by atoms with Crippen molar-refractivity contribution in [1.82, 2.24) is 4.90 Å². The third-order valence-corrected chi connectivity index (χ3v) is 3.74. The Kier molecular flexibility index (Phi) is 5.70. The van der Waals surface area contributed by atoms with Crippen LogP contribution in [0.3, 0.4) is 0 Å². The second kappa shape index (κ2) is 7.52. The van der Waals surface area contributed by atoms with Crippen molar-refractivity contribution in [2.24, 2.45) is 0 Å². The van der Waals surface area contributed by atoms with Crippen LogP contribution in [-0.4, -0.2) is 54.7 Å². The number of piperidine rings is 1. The number of nitrogens with zero attached hydrogens (tertiary/aromatic N) is 1. The van der Waals surface area contributed by atoms with E-state index in [0.717, 1.165) is 12.8 Å². The Balaban J connectivity index is 1.94. The number of alkyl halides is 1. The van der Waals surface area contributed by atoms with Crippen molar-refractivity contribution in [3.05, 3.63) is 23.8 Å². The summed E-state index contributed by atoms with van der Waals surface area (Å²) < 4.78 is 10.6. The molecule has 1 fully saturated rings. The average Bonchev–Trinajstić information content (AvgIpc) is 2.52. The molecular weight excluding hydrogens is 294 g/mol. The van der Waals surface area contributed by atoms with Crippen molar-refractivity contribution in [3.8, 4) is 11.5 Å². The zero-order valence-corrected chi connectivity index (χ0v) is 12.8. The van der Waals surface area contributed by atoms with Crippen LogP contribution in [0.2, 0.25) is 0 Å². The second-order valence-corrected chi connectivity index (χ2v) is 5.32. The molecule has 2 rings (SSSR count). The highest BCUT2D eigenvalue weighted by Gasteiger charge is 2.24. The SMILES string of the molecule is COc1ccc(C(=O)N2CCC(OCCCl)CC2)cc1O. The molecule has 0 atom stereocenters. The quantitative estimate of drug-likeness (QED) is 0.847. The Morgan fingerprint density at radius 2 is 2.14 bits per heavy atom. The number of amides is 1. The van der Waals surface area contributed by atoms with E-state index in [-0.39, 0.29) is 17.8 Å². The molecule has 0 aromatic heterocycles. The van der Waals surface area contributed by atoms with Crippen LogP contribution in [0, 0.1) is 0 Å². The highest BCUT2D eigenvalue weighted by atomic mass is 35.5. The lowest BCUT2D eigenvalue weighted by atomic mass is 10.1. The van der Waals surface area contributed by atoms with Gasteiger partial charge >= 0.3 is 0 Å². The number of rotatable bonds is 5. The Morgan fingerprint density at radius 1 is 1.43 bits per heavy atom. The third-order valence-electron chi connectivity index (χ3n) is 3.59. The molecule has 1 N–H and O–H groups in total. The zero-order chi connectivity index (χ0) is 15.2. The fourth-order valence-electron chi connectivity index (χ4n) is 2.44. The molecule has 0 unspecified atom stereocenters. The molecule has 1 aromatic rings. The van der Waals surface area contributed by atoms with E-state index in [1.165, 1.54) is 13.2 Å². The first-order valence-electron chi connectivity index (χ1n) is 6.99. The van der Waals surface area contributed by atoms with E-state index >= 15 is 0 Å². The number of methoxy groups -OCH3 is 1. The van der Waals surface area contributed by atoms with Gasteiger partial charge in [0.1, 0.15) is 0 Å². The first-order chi connectivity index (χ1) is 10.2. The monoisotopic (exact) mass is 313 g/mol. The highest BCUT2D eigenvalue weighted by Crippen LogP contribution is 2.27. The van der Waals surface area contributed by atoms with Gasteiger partial charge in [0.15, 0.2) is 11.5 Å². The van der Waals surface area contributed by atoms with Crippen LogP contribution < -0.4 is 4.74 Å². The fraction of sp³-hybridized carbons (Fsp3) is 0.533. The first kappa shape index (κ1) is 15.9. The highest BCUT2D eigenvalue weighted by molar-refractivity contribution is 6.17. The lowest BCUT2D eigenvalue weighted by Crippen LogP contribution is -2.41. The molecule has 6 heteroatoms. The first-order valence-corrected chi connectivity index (χ1v) is 7.53. The number of carbonyl (C=O) groups is 1. The molecule has 0 radical (unpaired) electrons. The zero-order valence-electron chi connectivity index (χ0n) is 12.0. The van der Waals surface area contributed by atoms with Crippen LogP contribution in [0.4, 0.5) is 0 Å². The number of hydrogen-bond acceptors (Lipinski definition) is 4. The summed E-state index contributed by atoms with van der Waals surface area (Å²) in [5, 5.41) is 9.75. The van der Waals surface area contributed by atoms with Gasteiger partial charge in [0.05, 0.1) is 19.8 Å². The normalized spacial score (nSPS) is 16.0. The van der Waals surface area contributed by atoms with Gasteiger partial charge in [-0.05, 0) is 31.0 Å². The third kappa shape index (κ3) is 4.02. The minimum atomic E-state index is -0.0799. The smallest absolute Gasteiger partial charge is 0.253 e. The number of phenols is 1. The van der Waals surface area contributed by atoms with Gasteiger partial charge in [-0.3, -0.25) is 4.79 Å². The number of phenolic OH excluding ortho intramolecular Hbond substituents is 1. The largest absolute Gasteiger partial charge is 0.504 e. The van der Waals surface area contributed by atoms with Gasteiger partial charge in [0.2, 0.25) is 0 Å². The Labute approximate surface area is 129 Å². The number of ether oxygens (including phenoxy) is 2. The van der Waals surface area contributed by atoms with E-state index in [2.05, 4.69) is 0 Å². The van der Waals surface area contributed by atoms with E-state index in [0.29, 0.717) is 36.9 Å². The summed E-state index contributed by atoms with van der Waals surface area (Å²) in [7, 11) is 1.47. The topological polar surface area (TPSA) is 59.0 Å². The van der Waals surface area contributed by atoms with Gasteiger partial charge in [0, 0.05) is 24.5 Å². The van der Waals surface area contributed by atoms with Crippen LogP contribution in [0.15, 0.2) is 18.2 Å². The van der Waals surface area contributed by atoms with Crippen molar-refractivity contribution in [2.45, 2.75) is 18.9 Å². The van der Waals surface area contributed by atoms with Crippen LogP contribution >= 0.6 is 11.6 Å². The lowest BCUT2D eigenvalue weighted by molar-refractivity contribution is 0.0154. The van der Waals surface area contributed by atoms with Crippen LogP contribution in [-0.2, 0) is 4.74 Å². The van der Waals surface area contributed by atoms with Gasteiger partial charge < -0.3 is 19.5 Å². The molecule has 5 nitrogen and oxygen atoms in total. The Bertz CT molecular complexity index is 487. The molecule has 1 heterocycles. The molecule has 21 heavy (non-hydrogen) atoms. The molecule has 116 valence electrons. The Morgan fingerprint density at radius 3 is 2.71 bits per heavy atom. The van der Waals surface area contributed by atoms with Crippen LogP contribution in [0.1, 0.15) is 23.2 Å². The van der Waals surface area contributed by atoms with Crippen LogP contribution in [0.5, 0.6) is 11.5 Å². The average molecular weight is 314 g/mol. The summed E-state index contributed by atoms with van der Waals surface area (Å²) in [6.07, 6.45) is 1.80. The summed E-state index contributed by atoms with van der Waals surface area (Å²) in [6.45, 7) is 1.85. The van der Waals surface area contributed by atoms with Gasteiger partial charge in [-0.15, -0.1) is 11.6 Å². The molecule has 1 aliphatic heterocycles. The number of carbonyl (C=O) groups excluding carboxylic acids is 1. The van der Waals surface area contributed by atoms with Crippen LogP contribution in [0.25, 0.3) is 0 Å². The maximum absolute atomic E-state index is 12.4. The molecule has 0 aliphatic carbocycles. The molecule has 1 saturated heterocycles. The van der Waals surface area contributed by atoms with Crippen molar-refractivity contribution in [3.63, 3.8) is 0 Å². The van der Waals surface area contributed by atoms with Gasteiger partial charge in [-0.25, -0.2) is 0 Å². The summed E-state index contributed by atoms with van der Waals surface area (Å²) in [4.78, 5) is 14.2. The molecule has 0 spiro atoms. The molecule has 0 saturated carbocycles. The predicted octanol–water partition coefficient (Wildman–Crippen LogP) is 2.26. The second-order valence-electron chi connectivity index (χ2n) is 4.94. The van der Waals surface area contributed by atoms with Gasteiger partial charge in [-0.1, -0.05) is 0 Å². The molecule has 0 bridgehead atoms. The maximum atomic E-state index is 12.4. The van der Waals surface area contributed by atoms with E-state index in [1.54, 1.807) is 17.0 Å². The summed E-state index contributed by atoms with van der Waals surface area (Å²) in [5.74, 6) is 0.747. The summed E-state index contributed by atoms with van der Waals surface area (Å²) in [5.41, 5.74) is 0.466. The predicted molar refractivity (Wildman–Crippen MR) is 80.3 cm³/mol.